The van der Waals surface area contributed by atoms with Crippen LogP contribution in [0.15, 0.2) is 36.4 Å². The van der Waals surface area contributed by atoms with Gasteiger partial charge in [0, 0.05) is 0 Å². The highest BCUT2D eigenvalue weighted by molar-refractivity contribution is 6.07. The fraction of sp³-hybridized carbons (Fsp3) is 0.389. The fourth-order valence-electron chi connectivity index (χ4n) is 3.95. The molecule has 2 bridgehead atoms. The van der Waals surface area contributed by atoms with E-state index >= 15 is 0 Å². The van der Waals surface area contributed by atoms with Crippen LogP contribution in [0.4, 0.5) is 0 Å². The largest absolute Gasteiger partial charge is 0.484 e. The first kappa shape index (κ1) is 14.9. The number of benzene rings is 1. The molecule has 1 aliphatic heterocycles. The first-order chi connectivity index (χ1) is 11.5. The van der Waals surface area contributed by atoms with Crippen molar-refractivity contribution in [1.29, 1.82) is 0 Å². The van der Waals surface area contributed by atoms with Crippen LogP contribution in [0.25, 0.3) is 0 Å². The third-order valence-electron chi connectivity index (χ3n) is 5.10. The number of carbonyl (C=O) groups is 3. The van der Waals surface area contributed by atoms with Crippen LogP contribution >= 0.6 is 0 Å². The molecular formula is C18H18N2O4. The SMILES string of the molecule is Cc1ccc(OCC(=O)NN2C(=O)[C@@H]3[C@@H](C2=O)[C@H]2C=C[C@@H]3C2)cc1. The first-order valence-corrected chi connectivity index (χ1v) is 8.09. The summed E-state index contributed by atoms with van der Waals surface area (Å²) in [6.07, 6.45) is 4.90. The second-order valence-corrected chi connectivity index (χ2v) is 6.65. The normalized spacial score (nSPS) is 30.0. The number of hydrogen-bond acceptors (Lipinski definition) is 4. The maximum atomic E-state index is 12.5. The van der Waals surface area contributed by atoms with Gasteiger partial charge in [-0.25, -0.2) is 0 Å². The van der Waals surface area contributed by atoms with Crippen molar-refractivity contribution in [3.8, 4) is 5.75 Å². The summed E-state index contributed by atoms with van der Waals surface area (Å²) in [7, 11) is 0. The molecule has 6 heteroatoms. The van der Waals surface area contributed by atoms with Crippen LogP contribution in [-0.2, 0) is 14.4 Å². The minimum atomic E-state index is -0.516. The third kappa shape index (κ3) is 2.29. The second-order valence-electron chi connectivity index (χ2n) is 6.65. The molecule has 0 radical (unpaired) electrons. The minimum Gasteiger partial charge on any atom is -0.484 e. The van der Waals surface area contributed by atoms with E-state index in [1.807, 2.05) is 31.2 Å². The van der Waals surface area contributed by atoms with Gasteiger partial charge in [0.2, 0.25) is 0 Å². The van der Waals surface area contributed by atoms with E-state index in [1.54, 1.807) is 12.1 Å². The monoisotopic (exact) mass is 326 g/mol. The summed E-state index contributed by atoms with van der Waals surface area (Å²) >= 11 is 0. The summed E-state index contributed by atoms with van der Waals surface area (Å²) < 4.78 is 5.38. The van der Waals surface area contributed by atoms with Crippen molar-refractivity contribution in [3.63, 3.8) is 0 Å². The Kier molecular flexibility index (Phi) is 3.40. The molecular weight excluding hydrogens is 308 g/mol. The summed E-state index contributed by atoms with van der Waals surface area (Å²) in [6.45, 7) is 1.71. The Labute approximate surface area is 139 Å². The topological polar surface area (TPSA) is 75.7 Å². The molecule has 1 aromatic carbocycles. The molecule has 3 amide bonds. The molecule has 24 heavy (non-hydrogen) atoms. The number of nitrogens with zero attached hydrogens (tertiary/aromatic N) is 1. The van der Waals surface area contributed by atoms with Crippen molar-refractivity contribution in [1.82, 2.24) is 10.4 Å². The standard InChI is InChI=1S/C18H18N2O4/c1-10-2-6-13(7-3-10)24-9-14(21)19-20-17(22)15-11-4-5-12(8-11)16(15)18(20)23/h2-7,11-12,15-16H,8-9H2,1H3,(H,19,21)/t11-,12+,15-,16-/m0/s1. The lowest BCUT2D eigenvalue weighted by Crippen LogP contribution is -2.48. The molecule has 4 rings (SSSR count). The van der Waals surface area contributed by atoms with Crippen LogP contribution in [0, 0.1) is 30.6 Å². The van der Waals surface area contributed by atoms with Crippen LogP contribution < -0.4 is 10.2 Å². The van der Waals surface area contributed by atoms with Crippen molar-refractivity contribution < 1.29 is 19.1 Å². The van der Waals surface area contributed by atoms with E-state index in [0.717, 1.165) is 17.0 Å². The molecule has 0 aromatic heterocycles. The number of aryl methyl sites for hydroxylation is 1. The van der Waals surface area contributed by atoms with E-state index < -0.39 is 5.91 Å². The number of nitrogens with one attached hydrogen (secondary N) is 1. The Morgan fingerprint density at radius 1 is 1.12 bits per heavy atom. The van der Waals surface area contributed by atoms with Crippen molar-refractivity contribution in [2.24, 2.45) is 23.7 Å². The summed E-state index contributed by atoms with van der Waals surface area (Å²) in [5.74, 6) is -0.927. The predicted octanol–water partition coefficient (Wildman–Crippen LogP) is 1.21. The molecule has 2 aliphatic carbocycles. The minimum absolute atomic E-state index is 0.127. The van der Waals surface area contributed by atoms with E-state index in [1.165, 1.54) is 0 Å². The molecule has 0 unspecified atom stereocenters. The number of imide groups is 1. The highest BCUT2D eigenvalue weighted by atomic mass is 16.5. The zero-order chi connectivity index (χ0) is 16.8. The average molecular weight is 326 g/mol. The van der Waals surface area contributed by atoms with E-state index in [0.29, 0.717) is 5.75 Å². The Morgan fingerprint density at radius 3 is 2.29 bits per heavy atom. The Bertz CT molecular complexity index is 710. The van der Waals surface area contributed by atoms with E-state index in [9.17, 15) is 14.4 Å². The van der Waals surface area contributed by atoms with E-state index in [4.69, 9.17) is 4.74 Å². The fourth-order valence-corrected chi connectivity index (χ4v) is 3.95. The molecule has 0 spiro atoms. The number of hydrazine groups is 1. The number of carbonyl (C=O) groups excluding carboxylic acids is 3. The van der Waals surface area contributed by atoms with Gasteiger partial charge in [-0.15, -0.1) is 0 Å². The zero-order valence-corrected chi connectivity index (χ0v) is 13.3. The number of ether oxygens (including phenoxy) is 1. The summed E-state index contributed by atoms with van der Waals surface area (Å²) in [6, 6.07) is 7.29. The summed E-state index contributed by atoms with van der Waals surface area (Å²) in [5.41, 5.74) is 3.49. The third-order valence-corrected chi connectivity index (χ3v) is 5.10. The lowest BCUT2D eigenvalue weighted by molar-refractivity contribution is -0.150. The molecule has 4 atom stereocenters. The summed E-state index contributed by atoms with van der Waals surface area (Å²) in [5, 5.41) is 0.891. The Hall–Kier alpha value is -2.63. The average Bonchev–Trinajstić information content (AvgIpc) is 3.24. The molecule has 3 aliphatic rings. The van der Waals surface area contributed by atoms with E-state index in [-0.39, 0.29) is 42.1 Å². The lowest BCUT2D eigenvalue weighted by atomic mass is 9.85. The van der Waals surface area contributed by atoms with Gasteiger partial charge in [0.1, 0.15) is 5.75 Å². The molecule has 1 aromatic rings. The Balaban J connectivity index is 1.37. The van der Waals surface area contributed by atoms with Gasteiger partial charge in [-0.3, -0.25) is 19.8 Å². The number of allylic oxidation sites excluding steroid dienone is 2. The molecule has 1 N–H and O–H groups in total. The summed E-state index contributed by atoms with van der Waals surface area (Å²) in [4.78, 5) is 36.9. The van der Waals surface area contributed by atoms with Crippen LogP contribution in [0.2, 0.25) is 0 Å². The number of fused-ring (bicyclic) bond motifs is 5. The van der Waals surface area contributed by atoms with Gasteiger partial charge in [0.05, 0.1) is 11.8 Å². The van der Waals surface area contributed by atoms with Gasteiger partial charge >= 0.3 is 0 Å². The first-order valence-electron chi connectivity index (χ1n) is 8.09. The predicted molar refractivity (Wildman–Crippen MR) is 84.4 cm³/mol. The smallest absolute Gasteiger partial charge is 0.276 e. The van der Waals surface area contributed by atoms with Gasteiger partial charge in [-0.1, -0.05) is 29.8 Å². The second kappa shape index (κ2) is 5.47. The van der Waals surface area contributed by atoms with Crippen LogP contribution in [0.3, 0.4) is 0 Å². The zero-order valence-electron chi connectivity index (χ0n) is 13.3. The van der Waals surface area contributed by atoms with Crippen molar-refractivity contribution in [2.45, 2.75) is 13.3 Å². The molecule has 6 nitrogen and oxygen atoms in total. The van der Waals surface area contributed by atoms with Gasteiger partial charge < -0.3 is 4.74 Å². The van der Waals surface area contributed by atoms with Gasteiger partial charge in [-0.2, -0.15) is 5.01 Å². The van der Waals surface area contributed by atoms with Crippen LogP contribution in [-0.4, -0.2) is 29.3 Å². The highest BCUT2D eigenvalue weighted by Crippen LogP contribution is 2.52. The number of hydrogen-bond donors (Lipinski definition) is 1. The van der Waals surface area contributed by atoms with E-state index in [2.05, 4.69) is 5.43 Å². The van der Waals surface area contributed by atoms with Crippen LogP contribution in [0.5, 0.6) is 5.75 Å². The quantitative estimate of drug-likeness (QED) is 0.667. The molecule has 124 valence electrons. The highest BCUT2D eigenvalue weighted by Gasteiger charge is 2.59. The van der Waals surface area contributed by atoms with Gasteiger partial charge in [0.25, 0.3) is 17.7 Å². The number of amides is 3. The van der Waals surface area contributed by atoms with Crippen molar-refractivity contribution in [3.05, 3.63) is 42.0 Å². The molecule has 1 saturated carbocycles. The lowest BCUT2D eigenvalue weighted by Gasteiger charge is -2.18. The number of rotatable bonds is 4. The van der Waals surface area contributed by atoms with Crippen molar-refractivity contribution >= 4 is 17.7 Å². The van der Waals surface area contributed by atoms with Gasteiger partial charge in [-0.05, 0) is 37.3 Å². The maximum absolute atomic E-state index is 12.5. The molecule has 2 fully saturated rings. The Morgan fingerprint density at radius 2 is 1.71 bits per heavy atom. The van der Waals surface area contributed by atoms with Crippen LogP contribution in [0.1, 0.15) is 12.0 Å². The molecule has 1 saturated heterocycles. The maximum Gasteiger partial charge on any atom is 0.276 e. The molecule has 1 heterocycles. The van der Waals surface area contributed by atoms with Gasteiger partial charge in [0.15, 0.2) is 6.61 Å². The van der Waals surface area contributed by atoms with Crippen molar-refractivity contribution in [2.75, 3.05) is 6.61 Å².